The number of benzene rings is 2. The molecule has 0 saturated carbocycles. The molecule has 124 valence electrons. The van der Waals surface area contributed by atoms with Crippen LogP contribution >= 0.6 is 0 Å². The van der Waals surface area contributed by atoms with E-state index in [1.807, 2.05) is 22.7 Å². The highest BCUT2D eigenvalue weighted by atomic mass is 15.2. The molecule has 0 aliphatic rings. The van der Waals surface area contributed by atoms with Gasteiger partial charge in [0.05, 0.1) is 5.69 Å². The minimum absolute atomic E-state index is 0.710. The van der Waals surface area contributed by atoms with E-state index in [0.717, 1.165) is 23.6 Å². The van der Waals surface area contributed by atoms with Crippen LogP contribution in [0.25, 0.3) is 5.78 Å². The van der Waals surface area contributed by atoms with Gasteiger partial charge in [0.15, 0.2) is 0 Å². The molecule has 25 heavy (non-hydrogen) atoms. The summed E-state index contributed by atoms with van der Waals surface area (Å²) < 4.78 is 2.02. The zero-order chi connectivity index (χ0) is 17.2. The minimum Gasteiger partial charge on any atom is -0.339 e. The number of nitrogens with one attached hydrogen (secondary N) is 1. The summed E-state index contributed by atoms with van der Waals surface area (Å²) >= 11 is 0. The Morgan fingerprint density at radius 2 is 1.68 bits per heavy atom. The van der Waals surface area contributed by atoms with Crippen molar-refractivity contribution in [2.24, 2.45) is 0 Å². The zero-order valence-corrected chi connectivity index (χ0v) is 14.4. The van der Waals surface area contributed by atoms with E-state index in [-0.39, 0.29) is 0 Å². The smallest absolute Gasteiger partial charge is 0.235 e. The van der Waals surface area contributed by atoms with E-state index >= 15 is 0 Å². The highest BCUT2D eigenvalue weighted by Gasteiger charge is 2.15. The third-order valence-corrected chi connectivity index (χ3v) is 4.41. The number of anilines is 2. The van der Waals surface area contributed by atoms with E-state index in [1.165, 1.54) is 16.7 Å². The van der Waals surface area contributed by atoms with Crippen molar-refractivity contribution in [1.29, 1.82) is 0 Å². The Kier molecular flexibility index (Phi) is 3.94. The van der Waals surface area contributed by atoms with Gasteiger partial charge in [-0.25, -0.2) is 9.97 Å². The maximum atomic E-state index is 4.75. The van der Waals surface area contributed by atoms with Crippen LogP contribution in [0.15, 0.2) is 67.0 Å². The number of nitrogens with zero attached hydrogens (tertiary/aromatic N) is 3. The van der Waals surface area contributed by atoms with Gasteiger partial charge in [0, 0.05) is 24.5 Å². The first-order chi connectivity index (χ1) is 12.2. The lowest BCUT2D eigenvalue weighted by molar-refractivity contribution is 1.11. The zero-order valence-electron chi connectivity index (χ0n) is 14.4. The number of hydrogen-bond acceptors (Lipinski definition) is 3. The first-order valence-electron chi connectivity index (χ1n) is 8.41. The van der Waals surface area contributed by atoms with E-state index in [0.29, 0.717) is 5.78 Å². The molecule has 0 saturated heterocycles. The lowest BCUT2D eigenvalue weighted by atomic mass is 10.1. The average molecular weight is 328 g/mol. The largest absolute Gasteiger partial charge is 0.339 e. The Labute approximate surface area is 147 Å². The van der Waals surface area contributed by atoms with Crippen LogP contribution in [0.4, 0.5) is 11.5 Å². The summed E-state index contributed by atoms with van der Waals surface area (Å²) in [5.41, 5.74) is 5.78. The second-order valence-corrected chi connectivity index (χ2v) is 6.25. The molecule has 0 atom stereocenters. The van der Waals surface area contributed by atoms with E-state index in [2.05, 4.69) is 66.6 Å². The summed E-state index contributed by atoms with van der Waals surface area (Å²) in [6, 6.07) is 18.6. The lowest BCUT2D eigenvalue weighted by Crippen LogP contribution is -2.02. The van der Waals surface area contributed by atoms with Gasteiger partial charge in [-0.1, -0.05) is 48.5 Å². The van der Waals surface area contributed by atoms with Crippen LogP contribution in [0.1, 0.15) is 22.4 Å². The molecule has 0 radical (unpaired) electrons. The Bertz CT molecular complexity index is 998. The summed E-state index contributed by atoms with van der Waals surface area (Å²) in [5, 5.41) is 3.61. The Morgan fingerprint density at radius 1 is 0.920 bits per heavy atom. The van der Waals surface area contributed by atoms with E-state index in [9.17, 15) is 0 Å². The molecular formula is C21H20N4. The van der Waals surface area contributed by atoms with Gasteiger partial charge < -0.3 is 5.32 Å². The molecule has 4 rings (SSSR count). The van der Waals surface area contributed by atoms with Gasteiger partial charge in [-0.05, 0) is 36.6 Å². The third kappa shape index (κ3) is 2.98. The SMILES string of the molecule is Cc1cccc(C)c1Nc1c(Cc2ccccc2)nc2ncccn12. The van der Waals surface area contributed by atoms with Crippen LogP contribution in [-0.4, -0.2) is 14.4 Å². The van der Waals surface area contributed by atoms with Crippen molar-refractivity contribution in [3.8, 4) is 0 Å². The predicted octanol–water partition coefficient (Wildman–Crippen LogP) is 4.68. The lowest BCUT2D eigenvalue weighted by Gasteiger charge is -2.13. The third-order valence-electron chi connectivity index (χ3n) is 4.41. The van der Waals surface area contributed by atoms with Crippen LogP contribution in [0.2, 0.25) is 0 Å². The van der Waals surface area contributed by atoms with Crippen molar-refractivity contribution in [2.45, 2.75) is 20.3 Å². The van der Waals surface area contributed by atoms with Crippen LogP contribution in [0, 0.1) is 13.8 Å². The number of hydrogen-bond donors (Lipinski definition) is 1. The van der Waals surface area contributed by atoms with Crippen molar-refractivity contribution < 1.29 is 0 Å². The van der Waals surface area contributed by atoms with Gasteiger partial charge in [-0.3, -0.25) is 4.40 Å². The molecule has 0 bridgehead atoms. The summed E-state index contributed by atoms with van der Waals surface area (Å²) in [6.45, 7) is 4.24. The Hall–Kier alpha value is -3.14. The van der Waals surface area contributed by atoms with E-state index in [1.54, 1.807) is 6.20 Å². The van der Waals surface area contributed by atoms with Crippen LogP contribution in [0.5, 0.6) is 0 Å². The molecule has 2 aromatic carbocycles. The average Bonchev–Trinajstić information content (AvgIpc) is 2.96. The number of rotatable bonds is 4. The monoisotopic (exact) mass is 328 g/mol. The van der Waals surface area contributed by atoms with Gasteiger partial charge >= 0.3 is 0 Å². The van der Waals surface area contributed by atoms with Gasteiger partial charge in [0.1, 0.15) is 5.82 Å². The van der Waals surface area contributed by atoms with Crippen molar-refractivity contribution in [3.63, 3.8) is 0 Å². The maximum absolute atomic E-state index is 4.75. The predicted molar refractivity (Wildman–Crippen MR) is 101 cm³/mol. The molecule has 0 amide bonds. The number of aromatic nitrogens is 3. The minimum atomic E-state index is 0.710. The molecule has 4 heteroatoms. The Balaban J connectivity index is 1.82. The topological polar surface area (TPSA) is 42.2 Å². The van der Waals surface area contributed by atoms with Crippen molar-refractivity contribution in [1.82, 2.24) is 14.4 Å². The van der Waals surface area contributed by atoms with Gasteiger partial charge in [-0.2, -0.15) is 0 Å². The number of aryl methyl sites for hydroxylation is 2. The van der Waals surface area contributed by atoms with Gasteiger partial charge in [-0.15, -0.1) is 0 Å². The molecule has 0 aliphatic carbocycles. The van der Waals surface area contributed by atoms with E-state index in [4.69, 9.17) is 4.98 Å². The second-order valence-electron chi connectivity index (χ2n) is 6.25. The molecule has 0 unspecified atom stereocenters. The molecular weight excluding hydrogens is 308 g/mol. The number of fused-ring (bicyclic) bond motifs is 1. The van der Waals surface area contributed by atoms with Crippen molar-refractivity contribution in [3.05, 3.63) is 89.4 Å². The fraction of sp³-hybridized carbons (Fsp3) is 0.143. The maximum Gasteiger partial charge on any atom is 0.235 e. The number of imidazole rings is 1. The van der Waals surface area contributed by atoms with Crippen molar-refractivity contribution >= 4 is 17.3 Å². The van der Waals surface area contributed by atoms with Crippen LogP contribution < -0.4 is 5.32 Å². The van der Waals surface area contributed by atoms with Gasteiger partial charge in [0.25, 0.3) is 0 Å². The van der Waals surface area contributed by atoms with Crippen LogP contribution in [-0.2, 0) is 6.42 Å². The first-order valence-corrected chi connectivity index (χ1v) is 8.41. The second kappa shape index (κ2) is 6.40. The standard InChI is InChI=1S/C21H20N4/c1-15-8-6-9-16(2)19(15)24-20-18(14-17-10-4-3-5-11-17)23-21-22-12-7-13-25(20)21/h3-13,24H,14H2,1-2H3. The molecule has 4 aromatic rings. The molecule has 2 aromatic heterocycles. The molecule has 0 fully saturated rings. The summed E-state index contributed by atoms with van der Waals surface area (Å²) in [6.07, 6.45) is 4.54. The number of para-hydroxylation sites is 1. The first kappa shape index (κ1) is 15.4. The molecule has 0 aliphatic heterocycles. The quantitative estimate of drug-likeness (QED) is 0.591. The fourth-order valence-corrected chi connectivity index (χ4v) is 3.11. The highest BCUT2D eigenvalue weighted by molar-refractivity contribution is 5.68. The van der Waals surface area contributed by atoms with Crippen molar-refractivity contribution in [2.75, 3.05) is 5.32 Å². The summed E-state index contributed by atoms with van der Waals surface area (Å²) in [7, 11) is 0. The molecule has 2 heterocycles. The van der Waals surface area contributed by atoms with E-state index < -0.39 is 0 Å². The fourth-order valence-electron chi connectivity index (χ4n) is 3.11. The summed E-state index contributed by atoms with van der Waals surface area (Å²) in [4.78, 5) is 9.16. The molecule has 0 spiro atoms. The summed E-state index contributed by atoms with van der Waals surface area (Å²) in [5.74, 6) is 1.69. The normalized spacial score (nSPS) is 11.0. The highest BCUT2D eigenvalue weighted by Crippen LogP contribution is 2.28. The molecule has 4 nitrogen and oxygen atoms in total. The molecule has 1 N–H and O–H groups in total. The van der Waals surface area contributed by atoms with Gasteiger partial charge in [0.2, 0.25) is 5.78 Å². The Morgan fingerprint density at radius 3 is 2.44 bits per heavy atom. The van der Waals surface area contributed by atoms with Crippen LogP contribution in [0.3, 0.4) is 0 Å².